The maximum Gasteiger partial charge on any atom is 0.317 e. The molecule has 0 aliphatic carbocycles. The number of carboxylic acid groups (broad SMARTS) is 1. The van der Waals surface area contributed by atoms with E-state index in [-0.39, 0.29) is 18.7 Å². The number of hydrogen-bond acceptors (Lipinski definition) is 3. The molecule has 19 heavy (non-hydrogen) atoms. The molecule has 0 aromatic carbocycles. The highest BCUT2D eigenvalue weighted by atomic mass is 16.5. The van der Waals surface area contributed by atoms with Crippen LogP contribution in [0.15, 0.2) is 0 Å². The predicted molar refractivity (Wildman–Crippen MR) is 71.0 cm³/mol. The molecule has 0 aromatic heterocycles. The minimum absolute atomic E-state index is 0.0942. The van der Waals surface area contributed by atoms with Gasteiger partial charge < -0.3 is 20.1 Å². The Bertz CT molecular complexity index is 320. The fourth-order valence-corrected chi connectivity index (χ4v) is 2.27. The van der Waals surface area contributed by atoms with Gasteiger partial charge in [0.2, 0.25) is 0 Å². The van der Waals surface area contributed by atoms with Crippen molar-refractivity contribution in [1.82, 2.24) is 10.2 Å². The number of rotatable bonds is 6. The Balaban J connectivity index is 2.37. The van der Waals surface area contributed by atoms with E-state index in [2.05, 4.69) is 5.32 Å². The molecular formula is C13H24N2O4. The van der Waals surface area contributed by atoms with Gasteiger partial charge in [0.1, 0.15) is 0 Å². The summed E-state index contributed by atoms with van der Waals surface area (Å²) >= 11 is 0. The molecule has 0 saturated carbocycles. The van der Waals surface area contributed by atoms with Gasteiger partial charge in [-0.05, 0) is 18.8 Å². The normalized spacial score (nSPS) is 20.6. The molecule has 6 nitrogen and oxygen atoms in total. The topological polar surface area (TPSA) is 78.9 Å². The highest BCUT2D eigenvalue weighted by Gasteiger charge is 2.27. The summed E-state index contributed by atoms with van der Waals surface area (Å²) in [5, 5.41) is 11.8. The largest absolute Gasteiger partial charge is 0.481 e. The molecule has 110 valence electrons. The van der Waals surface area contributed by atoms with Crippen LogP contribution >= 0.6 is 0 Å². The first-order chi connectivity index (χ1) is 8.93. The summed E-state index contributed by atoms with van der Waals surface area (Å²) in [7, 11) is 1.63. The lowest BCUT2D eigenvalue weighted by molar-refractivity contribution is -0.142. The van der Waals surface area contributed by atoms with E-state index < -0.39 is 11.9 Å². The number of nitrogens with zero attached hydrogens (tertiary/aromatic N) is 1. The van der Waals surface area contributed by atoms with Crippen molar-refractivity contribution >= 4 is 12.0 Å². The summed E-state index contributed by atoms with van der Waals surface area (Å²) in [6.07, 6.45) is 1.49. The van der Waals surface area contributed by atoms with E-state index in [0.717, 1.165) is 6.42 Å². The second-order valence-corrected chi connectivity index (χ2v) is 5.44. The standard InChI is InChI=1S/C13H24N2O4/c1-9(2)6-10(12(16)17)7-14-13(18)15-5-4-11(8-15)19-3/h9-11H,4-8H2,1-3H3,(H,14,18)(H,16,17). The van der Waals surface area contributed by atoms with Gasteiger partial charge in [0.05, 0.1) is 12.0 Å². The second-order valence-electron chi connectivity index (χ2n) is 5.44. The number of carbonyl (C=O) groups is 2. The van der Waals surface area contributed by atoms with Crippen LogP contribution in [0.4, 0.5) is 4.79 Å². The fraction of sp³-hybridized carbons (Fsp3) is 0.846. The molecule has 6 heteroatoms. The molecule has 1 fully saturated rings. The van der Waals surface area contributed by atoms with Gasteiger partial charge in [-0.25, -0.2) is 4.79 Å². The van der Waals surface area contributed by atoms with Crippen LogP contribution in [0, 0.1) is 11.8 Å². The van der Waals surface area contributed by atoms with Crippen molar-refractivity contribution in [3.05, 3.63) is 0 Å². The van der Waals surface area contributed by atoms with Crippen molar-refractivity contribution in [2.45, 2.75) is 32.8 Å². The van der Waals surface area contributed by atoms with Crippen molar-refractivity contribution < 1.29 is 19.4 Å². The number of amides is 2. The molecule has 2 atom stereocenters. The van der Waals surface area contributed by atoms with Crippen LogP contribution in [0.3, 0.4) is 0 Å². The summed E-state index contributed by atoms with van der Waals surface area (Å²) < 4.78 is 5.19. The van der Waals surface area contributed by atoms with Gasteiger partial charge >= 0.3 is 12.0 Å². The first kappa shape index (κ1) is 15.8. The Hall–Kier alpha value is -1.30. The van der Waals surface area contributed by atoms with E-state index in [4.69, 9.17) is 9.84 Å². The highest BCUT2D eigenvalue weighted by molar-refractivity contribution is 5.76. The van der Waals surface area contributed by atoms with Gasteiger partial charge in [-0.2, -0.15) is 0 Å². The minimum atomic E-state index is -0.856. The summed E-state index contributed by atoms with van der Waals surface area (Å²) in [6.45, 7) is 5.36. The Kier molecular flexibility index (Phi) is 6.08. The Morgan fingerprint density at radius 2 is 2.16 bits per heavy atom. The lowest BCUT2D eigenvalue weighted by Gasteiger charge is -2.20. The fourth-order valence-electron chi connectivity index (χ4n) is 2.27. The Morgan fingerprint density at radius 3 is 2.63 bits per heavy atom. The molecular weight excluding hydrogens is 248 g/mol. The van der Waals surface area contributed by atoms with Gasteiger partial charge in [0.25, 0.3) is 0 Å². The lowest BCUT2D eigenvalue weighted by atomic mass is 9.97. The highest BCUT2D eigenvalue weighted by Crippen LogP contribution is 2.13. The monoisotopic (exact) mass is 272 g/mol. The molecule has 1 rings (SSSR count). The van der Waals surface area contributed by atoms with E-state index in [1.165, 1.54) is 0 Å². The molecule has 2 amide bonds. The molecule has 0 spiro atoms. The van der Waals surface area contributed by atoms with Crippen LogP contribution in [-0.4, -0.2) is 54.9 Å². The van der Waals surface area contributed by atoms with Crippen molar-refractivity contribution in [2.75, 3.05) is 26.7 Å². The molecule has 2 N–H and O–H groups in total. The van der Waals surface area contributed by atoms with Gasteiger partial charge in [0.15, 0.2) is 0 Å². The predicted octanol–water partition coefficient (Wildman–Crippen LogP) is 1.16. The van der Waals surface area contributed by atoms with Gasteiger partial charge in [-0.3, -0.25) is 4.79 Å². The Morgan fingerprint density at radius 1 is 1.47 bits per heavy atom. The molecule has 0 aromatic rings. The smallest absolute Gasteiger partial charge is 0.317 e. The van der Waals surface area contributed by atoms with E-state index >= 15 is 0 Å². The van der Waals surface area contributed by atoms with Crippen molar-refractivity contribution in [1.29, 1.82) is 0 Å². The number of methoxy groups -OCH3 is 1. The number of hydrogen-bond donors (Lipinski definition) is 2. The summed E-state index contributed by atoms with van der Waals surface area (Å²) in [6, 6.07) is -0.199. The average Bonchev–Trinajstić information content (AvgIpc) is 2.82. The van der Waals surface area contributed by atoms with Crippen LogP contribution in [0.5, 0.6) is 0 Å². The zero-order valence-corrected chi connectivity index (χ0v) is 11.9. The molecule has 1 aliphatic heterocycles. The van der Waals surface area contributed by atoms with E-state index in [9.17, 15) is 9.59 Å². The zero-order chi connectivity index (χ0) is 14.4. The van der Waals surface area contributed by atoms with Crippen LogP contribution in [0.2, 0.25) is 0 Å². The number of aliphatic carboxylic acids is 1. The van der Waals surface area contributed by atoms with Crippen LogP contribution in [0.1, 0.15) is 26.7 Å². The van der Waals surface area contributed by atoms with Crippen LogP contribution < -0.4 is 5.32 Å². The third kappa shape index (κ3) is 5.06. The summed E-state index contributed by atoms with van der Waals surface area (Å²) in [4.78, 5) is 24.6. The molecule has 0 radical (unpaired) electrons. The molecule has 1 heterocycles. The van der Waals surface area contributed by atoms with Crippen molar-refractivity contribution in [2.24, 2.45) is 11.8 Å². The minimum Gasteiger partial charge on any atom is -0.481 e. The first-order valence-electron chi connectivity index (χ1n) is 6.72. The quantitative estimate of drug-likeness (QED) is 0.760. The number of likely N-dealkylation sites (tertiary alicyclic amines) is 1. The maximum atomic E-state index is 11.9. The van der Waals surface area contributed by atoms with Crippen molar-refractivity contribution in [3.63, 3.8) is 0 Å². The van der Waals surface area contributed by atoms with Gasteiger partial charge in [-0.15, -0.1) is 0 Å². The summed E-state index contributed by atoms with van der Waals surface area (Å²) in [5.74, 6) is -1.09. The number of nitrogens with one attached hydrogen (secondary N) is 1. The Labute approximate surface area is 114 Å². The third-order valence-corrected chi connectivity index (χ3v) is 3.37. The van der Waals surface area contributed by atoms with E-state index in [1.807, 2.05) is 13.8 Å². The average molecular weight is 272 g/mol. The van der Waals surface area contributed by atoms with E-state index in [1.54, 1.807) is 12.0 Å². The van der Waals surface area contributed by atoms with Crippen LogP contribution in [-0.2, 0) is 9.53 Å². The molecule has 0 bridgehead atoms. The van der Waals surface area contributed by atoms with Gasteiger partial charge in [0, 0.05) is 26.7 Å². The maximum absolute atomic E-state index is 11.9. The molecule has 1 saturated heterocycles. The number of carboxylic acids is 1. The van der Waals surface area contributed by atoms with Crippen LogP contribution in [0.25, 0.3) is 0 Å². The lowest BCUT2D eigenvalue weighted by Crippen LogP contribution is -2.42. The van der Waals surface area contributed by atoms with E-state index in [0.29, 0.717) is 25.4 Å². The molecule has 2 unspecified atom stereocenters. The number of urea groups is 1. The zero-order valence-electron chi connectivity index (χ0n) is 11.9. The first-order valence-corrected chi connectivity index (χ1v) is 6.72. The molecule has 1 aliphatic rings. The second kappa shape index (κ2) is 7.33. The summed E-state index contributed by atoms with van der Waals surface area (Å²) in [5.41, 5.74) is 0. The SMILES string of the molecule is COC1CCN(C(=O)NCC(CC(C)C)C(=O)O)C1. The third-order valence-electron chi connectivity index (χ3n) is 3.37. The number of ether oxygens (including phenoxy) is 1. The van der Waals surface area contributed by atoms with Crippen molar-refractivity contribution in [3.8, 4) is 0 Å². The number of carbonyl (C=O) groups excluding carboxylic acids is 1. The van der Waals surface area contributed by atoms with Gasteiger partial charge in [-0.1, -0.05) is 13.8 Å².